The summed E-state index contributed by atoms with van der Waals surface area (Å²) in [6.07, 6.45) is 6.19. The molecule has 0 aromatic carbocycles. The van der Waals surface area contributed by atoms with Crippen molar-refractivity contribution in [2.24, 2.45) is 5.84 Å². The van der Waals surface area contributed by atoms with Crippen molar-refractivity contribution in [2.45, 2.75) is 62.1 Å². The number of hydrogen-bond donors (Lipinski definition) is 2. The van der Waals surface area contributed by atoms with Crippen molar-refractivity contribution in [3.8, 4) is 6.07 Å². The fourth-order valence-corrected chi connectivity index (χ4v) is 5.47. The molecule has 1 saturated heterocycles. The van der Waals surface area contributed by atoms with Crippen molar-refractivity contribution in [1.82, 2.24) is 18.9 Å². The minimum Gasteiger partial charge on any atom is -0.325 e. The molecule has 0 radical (unpaired) electrons. The quantitative estimate of drug-likeness (QED) is 0.501. The number of likely N-dealkylation sites (tertiary alicyclic amines) is 1. The topological polar surface area (TPSA) is 106 Å². The lowest BCUT2D eigenvalue weighted by Crippen LogP contribution is -2.75. The third-order valence-electron chi connectivity index (χ3n) is 5.90. The van der Waals surface area contributed by atoms with Crippen molar-refractivity contribution < 1.29 is 9.00 Å². The van der Waals surface area contributed by atoms with E-state index in [-0.39, 0.29) is 29.6 Å². The van der Waals surface area contributed by atoms with E-state index in [1.165, 1.54) is 0 Å². The summed E-state index contributed by atoms with van der Waals surface area (Å²) in [5.41, 5.74) is -0.337. The van der Waals surface area contributed by atoms with Gasteiger partial charge in [-0.2, -0.15) is 5.26 Å². The minimum absolute atomic E-state index is 0.0613. The van der Waals surface area contributed by atoms with Gasteiger partial charge in [0, 0.05) is 31.7 Å². The van der Waals surface area contributed by atoms with Crippen molar-refractivity contribution in [1.29, 1.82) is 5.26 Å². The van der Waals surface area contributed by atoms with E-state index in [1.54, 1.807) is 28.3 Å². The largest absolute Gasteiger partial charge is 0.325 e. The first-order chi connectivity index (χ1) is 11.8. The molecule has 8 nitrogen and oxygen atoms in total. The maximum absolute atomic E-state index is 12.6. The SMILES string of the molecule is CN(C)S(=O)NC12CCCC(N(N)CC(=O)N3CCCC3C#N)(C1)C2. The van der Waals surface area contributed by atoms with E-state index >= 15 is 0 Å². The van der Waals surface area contributed by atoms with E-state index in [4.69, 9.17) is 11.1 Å². The van der Waals surface area contributed by atoms with Gasteiger partial charge in [0.15, 0.2) is 11.2 Å². The zero-order valence-electron chi connectivity index (χ0n) is 15.0. The molecule has 2 bridgehead atoms. The van der Waals surface area contributed by atoms with Gasteiger partial charge in [0.25, 0.3) is 0 Å². The number of nitrogens with one attached hydrogen (secondary N) is 1. The zero-order valence-corrected chi connectivity index (χ0v) is 15.8. The Morgan fingerprint density at radius 1 is 1.40 bits per heavy atom. The average molecular weight is 369 g/mol. The van der Waals surface area contributed by atoms with E-state index in [2.05, 4.69) is 10.8 Å². The van der Waals surface area contributed by atoms with E-state index < -0.39 is 11.2 Å². The van der Waals surface area contributed by atoms with Crippen LogP contribution in [-0.4, -0.2) is 68.6 Å². The van der Waals surface area contributed by atoms with Crippen LogP contribution < -0.4 is 10.6 Å². The summed E-state index contributed by atoms with van der Waals surface area (Å²) < 4.78 is 17.0. The highest BCUT2D eigenvalue weighted by Gasteiger charge is 2.60. The molecule has 1 heterocycles. The fourth-order valence-electron chi connectivity index (χ4n) is 4.67. The molecule has 25 heavy (non-hydrogen) atoms. The van der Waals surface area contributed by atoms with Crippen LogP contribution in [0.3, 0.4) is 0 Å². The van der Waals surface area contributed by atoms with Crippen molar-refractivity contribution >= 4 is 17.1 Å². The van der Waals surface area contributed by atoms with Gasteiger partial charge in [-0.3, -0.25) is 10.6 Å². The van der Waals surface area contributed by atoms with E-state index in [1.807, 2.05) is 0 Å². The number of hydrazine groups is 1. The minimum atomic E-state index is -1.21. The maximum Gasteiger partial charge on any atom is 0.239 e. The Bertz CT molecular complexity index is 598. The van der Waals surface area contributed by atoms with Crippen LogP contribution in [-0.2, 0) is 16.0 Å². The third kappa shape index (κ3) is 3.46. The van der Waals surface area contributed by atoms with Crippen molar-refractivity contribution in [3.63, 3.8) is 0 Å². The average Bonchev–Trinajstić information content (AvgIpc) is 3.02. The van der Waals surface area contributed by atoms with Crippen LogP contribution >= 0.6 is 0 Å². The Kier molecular flexibility index (Phi) is 5.19. The number of nitrogens with two attached hydrogens (primary N) is 1. The Hall–Kier alpha value is -1.05. The molecule has 0 aromatic rings. The maximum atomic E-state index is 12.6. The molecule has 4 aliphatic rings. The Balaban J connectivity index is 1.60. The molecule has 0 aromatic heterocycles. The van der Waals surface area contributed by atoms with Crippen LogP contribution in [0.25, 0.3) is 0 Å². The van der Waals surface area contributed by atoms with Crippen LogP contribution in [0.2, 0.25) is 0 Å². The fraction of sp³-hybridized carbons (Fsp3) is 0.875. The number of fused-ring (bicyclic) bond motifs is 2. The highest BCUT2D eigenvalue weighted by molar-refractivity contribution is 7.80. The smallest absolute Gasteiger partial charge is 0.239 e. The molecule has 1 amide bonds. The molecule has 4 rings (SSSR count). The van der Waals surface area contributed by atoms with Gasteiger partial charge in [-0.25, -0.2) is 18.2 Å². The molecule has 3 N–H and O–H groups in total. The first-order valence-corrected chi connectivity index (χ1v) is 10.0. The molecule has 3 aliphatic carbocycles. The highest BCUT2D eigenvalue weighted by atomic mass is 32.2. The lowest BCUT2D eigenvalue weighted by molar-refractivity contribution is -0.141. The lowest BCUT2D eigenvalue weighted by atomic mass is 9.54. The number of nitriles is 1. The second-order valence-corrected chi connectivity index (χ2v) is 9.31. The summed E-state index contributed by atoms with van der Waals surface area (Å²) in [6.45, 7) is 0.788. The summed E-state index contributed by atoms with van der Waals surface area (Å²) in [7, 11) is 3.56. The Labute approximate surface area is 152 Å². The van der Waals surface area contributed by atoms with Crippen LogP contribution in [0.4, 0.5) is 0 Å². The molecule has 140 valence electrons. The summed E-state index contributed by atoms with van der Waals surface area (Å²) in [5.74, 6) is 6.25. The molecule has 0 spiro atoms. The van der Waals surface area contributed by atoms with Gasteiger partial charge in [-0.05, 0) is 44.9 Å². The van der Waals surface area contributed by atoms with E-state index in [9.17, 15) is 9.00 Å². The molecule has 1 aliphatic heterocycles. The molecular formula is C16H28N6O2S. The number of carbonyl (C=O) groups excluding carboxylic acids is 1. The lowest BCUT2D eigenvalue weighted by Gasteiger charge is -2.63. The van der Waals surface area contributed by atoms with E-state index in [0.717, 1.165) is 44.9 Å². The van der Waals surface area contributed by atoms with Gasteiger partial charge in [0.1, 0.15) is 6.04 Å². The summed E-state index contributed by atoms with van der Waals surface area (Å²) >= 11 is -1.21. The van der Waals surface area contributed by atoms with Gasteiger partial charge < -0.3 is 4.90 Å². The molecule has 2 atom stereocenters. The van der Waals surface area contributed by atoms with Crippen molar-refractivity contribution in [2.75, 3.05) is 27.2 Å². The monoisotopic (exact) mass is 368 g/mol. The van der Waals surface area contributed by atoms with Gasteiger partial charge >= 0.3 is 0 Å². The Morgan fingerprint density at radius 2 is 2.12 bits per heavy atom. The molecule has 9 heteroatoms. The second-order valence-electron chi connectivity index (χ2n) is 7.88. The van der Waals surface area contributed by atoms with Crippen LogP contribution in [0.15, 0.2) is 0 Å². The van der Waals surface area contributed by atoms with Gasteiger partial charge in [-0.1, -0.05) is 0 Å². The number of rotatable bonds is 6. The number of carbonyl (C=O) groups is 1. The first kappa shape index (κ1) is 18.7. The first-order valence-electron chi connectivity index (χ1n) is 8.89. The standard InChI is InChI=1S/C16H28N6O2S/c1-20(2)25(24)19-15-6-4-7-16(11-15,12-15)22(18)10-14(23)21-8-3-5-13(21)9-17/h13,19H,3-8,10-12,18H2,1-2H3. The summed E-state index contributed by atoms with van der Waals surface area (Å²) in [5, 5.41) is 10.8. The van der Waals surface area contributed by atoms with E-state index in [0.29, 0.717) is 6.54 Å². The summed E-state index contributed by atoms with van der Waals surface area (Å²) in [4.78, 5) is 14.2. The van der Waals surface area contributed by atoms with Crippen molar-refractivity contribution in [3.05, 3.63) is 0 Å². The van der Waals surface area contributed by atoms with Gasteiger partial charge in [0.2, 0.25) is 5.91 Å². The zero-order chi connectivity index (χ0) is 18.2. The van der Waals surface area contributed by atoms with Crippen LogP contribution in [0, 0.1) is 11.3 Å². The predicted octanol–water partition coefficient (Wildman–Crippen LogP) is -0.138. The second kappa shape index (κ2) is 6.93. The third-order valence-corrected chi connectivity index (χ3v) is 7.18. The highest BCUT2D eigenvalue weighted by Crippen LogP contribution is 2.54. The molecule has 2 unspecified atom stereocenters. The molecule has 3 saturated carbocycles. The Morgan fingerprint density at radius 3 is 2.76 bits per heavy atom. The van der Waals surface area contributed by atoms with Gasteiger partial charge in [-0.15, -0.1) is 0 Å². The summed E-state index contributed by atoms with van der Waals surface area (Å²) in [6, 6.07) is 1.89. The normalized spacial score (nSPS) is 35.5. The number of nitrogens with zero attached hydrogens (tertiary/aromatic N) is 4. The molecule has 4 fully saturated rings. The van der Waals surface area contributed by atoms with Crippen LogP contribution in [0.5, 0.6) is 0 Å². The van der Waals surface area contributed by atoms with Gasteiger partial charge in [0.05, 0.1) is 12.6 Å². The van der Waals surface area contributed by atoms with Crippen LogP contribution in [0.1, 0.15) is 44.9 Å². The number of amides is 1. The molecular weight excluding hydrogens is 340 g/mol. The number of hydrogen-bond acceptors (Lipinski definition) is 5. The predicted molar refractivity (Wildman–Crippen MR) is 94.8 cm³/mol.